The lowest BCUT2D eigenvalue weighted by molar-refractivity contribution is 1.12. The zero-order chi connectivity index (χ0) is 8.55. The van der Waals surface area contributed by atoms with Gasteiger partial charge in [-0.2, -0.15) is 5.26 Å². The maximum Gasteiger partial charge on any atom is 0.0994 e. The average Bonchev–Trinajstić information content (AvgIpc) is 2.86. The van der Waals surface area contributed by atoms with Gasteiger partial charge in [0.15, 0.2) is 0 Å². The Kier molecular flexibility index (Phi) is 1.62. The topological polar surface area (TPSA) is 23.8 Å². The number of hydrogen-bond donors (Lipinski definition) is 0. The van der Waals surface area contributed by atoms with Crippen LogP contribution in [0.2, 0.25) is 0 Å². The van der Waals surface area contributed by atoms with Gasteiger partial charge in [-0.1, -0.05) is 12.1 Å². The van der Waals surface area contributed by atoms with Crippen LogP contribution in [-0.4, -0.2) is 0 Å². The minimum absolute atomic E-state index is 0.788. The molecule has 0 bridgehead atoms. The smallest absolute Gasteiger partial charge is 0.0994 e. The molecular formula is C11H11N. The molecule has 1 aliphatic rings. The molecule has 0 unspecified atom stereocenters. The van der Waals surface area contributed by atoms with Crippen LogP contribution in [0.4, 0.5) is 0 Å². The van der Waals surface area contributed by atoms with Crippen LogP contribution in [0.15, 0.2) is 18.2 Å². The first-order valence-electron chi connectivity index (χ1n) is 4.32. The monoisotopic (exact) mass is 157 g/mol. The van der Waals surface area contributed by atoms with E-state index in [1.807, 2.05) is 13.0 Å². The molecule has 1 heteroatoms. The molecule has 0 amide bonds. The van der Waals surface area contributed by atoms with Crippen molar-refractivity contribution in [2.45, 2.75) is 25.7 Å². The lowest BCUT2D eigenvalue weighted by atomic mass is 10.0. The van der Waals surface area contributed by atoms with Crippen molar-refractivity contribution in [3.63, 3.8) is 0 Å². The summed E-state index contributed by atoms with van der Waals surface area (Å²) in [7, 11) is 0. The highest BCUT2D eigenvalue weighted by Gasteiger charge is 2.23. The summed E-state index contributed by atoms with van der Waals surface area (Å²) >= 11 is 0. The Balaban J connectivity index is 2.38. The van der Waals surface area contributed by atoms with Gasteiger partial charge in [-0.3, -0.25) is 0 Å². The summed E-state index contributed by atoms with van der Waals surface area (Å²) < 4.78 is 0. The molecule has 1 saturated carbocycles. The van der Waals surface area contributed by atoms with Crippen LogP contribution in [0, 0.1) is 18.3 Å². The molecule has 2 rings (SSSR count). The third-order valence-electron chi connectivity index (χ3n) is 2.42. The van der Waals surface area contributed by atoms with Crippen LogP contribution in [-0.2, 0) is 0 Å². The van der Waals surface area contributed by atoms with E-state index in [-0.39, 0.29) is 0 Å². The van der Waals surface area contributed by atoms with Crippen molar-refractivity contribution in [1.29, 1.82) is 5.26 Å². The number of rotatable bonds is 1. The maximum absolute atomic E-state index is 8.71. The molecule has 60 valence electrons. The van der Waals surface area contributed by atoms with Gasteiger partial charge < -0.3 is 0 Å². The molecule has 0 N–H and O–H groups in total. The predicted molar refractivity (Wildman–Crippen MR) is 47.9 cm³/mol. The first kappa shape index (κ1) is 7.36. The second-order valence-electron chi connectivity index (χ2n) is 3.46. The molecule has 1 nitrogen and oxygen atoms in total. The summed E-state index contributed by atoms with van der Waals surface area (Å²) in [5.74, 6) is 0.788. The van der Waals surface area contributed by atoms with Crippen molar-refractivity contribution in [3.05, 3.63) is 34.9 Å². The number of aryl methyl sites for hydroxylation is 1. The zero-order valence-corrected chi connectivity index (χ0v) is 7.17. The van der Waals surface area contributed by atoms with Crippen LogP contribution < -0.4 is 0 Å². The fraction of sp³-hybridized carbons (Fsp3) is 0.364. The number of benzene rings is 1. The normalized spacial score (nSPS) is 15.7. The van der Waals surface area contributed by atoms with Gasteiger partial charge in [0.25, 0.3) is 0 Å². The largest absolute Gasteiger partial charge is 0.192 e. The summed E-state index contributed by atoms with van der Waals surface area (Å²) in [6.07, 6.45) is 2.65. The summed E-state index contributed by atoms with van der Waals surface area (Å²) in [5, 5.41) is 8.71. The molecule has 0 radical (unpaired) electrons. The minimum atomic E-state index is 0.788. The molecule has 0 heterocycles. The van der Waals surface area contributed by atoms with Gasteiger partial charge in [0, 0.05) is 0 Å². The molecule has 0 atom stereocenters. The first-order chi connectivity index (χ1) is 5.81. The molecule has 0 aromatic heterocycles. The van der Waals surface area contributed by atoms with Crippen LogP contribution in [0.3, 0.4) is 0 Å². The molecule has 1 aromatic carbocycles. The Morgan fingerprint density at radius 1 is 1.42 bits per heavy atom. The van der Waals surface area contributed by atoms with Gasteiger partial charge in [-0.25, -0.2) is 0 Å². The second-order valence-corrected chi connectivity index (χ2v) is 3.46. The molecule has 12 heavy (non-hydrogen) atoms. The highest BCUT2D eigenvalue weighted by atomic mass is 14.3. The molecule has 0 spiro atoms. The number of hydrogen-bond acceptors (Lipinski definition) is 1. The van der Waals surface area contributed by atoms with Gasteiger partial charge in [0.2, 0.25) is 0 Å². The number of nitriles is 1. The summed E-state index contributed by atoms with van der Waals surface area (Å²) in [4.78, 5) is 0. The number of nitrogens with zero attached hydrogens (tertiary/aromatic N) is 1. The van der Waals surface area contributed by atoms with E-state index >= 15 is 0 Å². The van der Waals surface area contributed by atoms with E-state index in [9.17, 15) is 0 Å². The van der Waals surface area contributed by atoms with E-state index in [0.29, 0.717) is 0 Å². The highest BCUT2D eigenvalue weighted by molar-refractivity contribution is 5.41. The van der Waals surface area contributed by atoms with Crippen molar-refractivity contribution >= 4 is 0 Å². The molecular weight excluding hydrogens is 146 g/mol. The Labute approximate surface area is 72.6 Å². The van der Waals surface area contributed by atoms with Gasteiger partial charge in [-0.15, -0.1) is 0 Å². The second kappa shape index (κ2) is 2.64. The quantitative estimate of drug-likeness (QED) is 0.615. The van der Waals surface area contributed by atoms with Gasteiger partial charge in [0.1, 0.15) is 0 Å². The zero-order valence-electron chi connectivity index (χ0n) is 7.17. The summed E-state index contributed by atoms with van der Waals surface area (Å²) in [5.41, 5.74) is 3.33. The fourth-order valence-corrected chi connectivity index (χ4v) is 1.48. The average molecular weight is 157 g/mol. The van der Waals surface area contributed by atoms with E-state index in [1.54, 1.807) is 0 Å². The van der Waals surface area contributed by atoms with Gasteiger partial charge in [0.05, 0.1) is 11.6 Å². The van der Waals surface area contributed by atoms with Gasteiger partial charge in [-0.05, 0) is 42.9 Å². The lowest BCUT2D eigenvalue weighted by Gasteiger charge is -2.00. The fourth-order valence-electron chi connectivity index (χ4n) is 1.48. The van der Waals surface area contributed by atoms with E-state index < -0.39 is 0 Å². The summed E-state index contributed by atoms with van der Waals surface area (Å²) in [6.45, 7) is 2.00. The minimum Gasteiger partial charge on any atom is -0.192 e. The van der Waals surface area contributed by atoms with Crippen molar-refractivity contribution in [1.82, 2.24) is 0 Å². The van der Waals surface area contributed by atoms with Crippen molar-refractivity contribution in [3.8, 4) is 6.07 Å². The molecule has 1 fully saturated rings. The van der Waals surface area contributed by atoms with Crippen molar-refractivity contribution < 1.29 is 0 Å². The Bertz CT molecular complexity index is 343. The van der Waals surface area contributed by atoms with E-state index in [0.717, 1.165) is 17.0 Å². The van der Waals surface area contributed by atoms with Crippen LogP contribution in [0.1, 0.15) is 35.4 Å². The molecule has 1 aliphatic carbocycles. The molecule has 1 aromatic rings. The van der Waals surface area contributed by atoms with E-state index in [2.05, 4.69) is 18.2 Å². The molecule has 0 aliphatic heterocycles. The van der Waals surface area contributed by atoms with Gasteiger partial charge >= 0.3 is 0 Å². The Hall–Kier alpha value is -1.29. The van der Waals surface area contributed by atoms with E-state index in [1.165, 1.54) is 18.4 Å². The SMILES string of the molecule is Cc1cc(C2CC2)ccc1C#N. The van der Waals surface area contributed by atoms with Crippen LogP contribution >= 0.6 is 0 Å². The van der Waals surface area contributed by atoms with Crippen molar-refractivity contribution in [2.24, 2.45) is 0 Å². The standard InChI is InChI=1S/C11H11N/c1-8-6-10(9-2-3-9)4-5-11(8)7-12/h4-6,9H,2-3H2,1H3. The third kappa shape index (κ3) is 1.21. The third-order valence-corrected chi connectivity index (χ3v) is 2.42. The predicted octanol–water partition coefficient (Wildman–Crippen LogP) is 2.74. The maximum atomic E-state index is 8.71. The van der Waals surface area contributed by atoms with Crippen molar-refractivity contribution in [2.75, 3.05) is 0 Å². The highest BCUT2D eigenvalue weighted by Crippen LogP contribution is 2.40. The Morgan fingerprint density at radius 3 is 2.67 bits per heavy atom. The molecule has 0 saturated heterocycles. The Morgan fingerprint density at radius 2 is 2.17 bits per heavy atom. The van der Waals surface area contributed by atoms with Crippen LogP contribution in [0.5, 0.6) is 0 Å². The lowest BCUT2D eigenvalue weighted by Crippen LogP contribution is -1.85. The summed E-state index contributed by atoms with van der Waals surface area (Å²) in [6, 6.07) is 8.35. The first-order valence-corrected chi connectivity index (χ1v) is 4.32. The van der Waals surface area contributed by atoms with E-state index in [4.69, 9.17) is 5.26 Å². The van der Waals surface area contributed by atoms with Crippen LogP contribution in [0.25, 0.3) is 0 Å².